The standard InChI is InChI=1S/C15H18N2O2/c1-10-12(13(18)15(2,3)4)14(19)17(16-10)11-8-6-5-7-9-11/h5-9,19H,1-4H3. The molecular formula is C15H18N2O2. The Bertz CT molecular complexity index is 607. The van der Waals surface area contributed by atoms with Crippen molar-refractivity contribution in [3.63, 3.8) is 0 Å². The van der Waals surface area contributed by atoms with Gasteiger partial charge in [-0.2, -0.15) is 5.10 Å². The third-order valence-electron chi connectivity index (χ3n) is 2.95. The molecule has 1 aromatic carbocycles. The molecule has 1 N–H and O–H groups in total. The van der Waals surface area contributed by atoms with Crippen molar-refractivity contribution >= 4 is 5.78 Å². The molecule has 0 bridgehead atoms. The number of aromatic hydroxyl groups is 1. The summed E-state index contributed by atoms with van der Waals surface area (Å²) in [6, 6.07) is 9.27. The van der Waals surface area contributed by atoms with Gasteiger partial charge in [0.2, 0.25) is 5.88 Å². The maximum Gasteiger partial charge on any atom is 0.225 e. The molecule has 0 aliphatic rings. The molecule has 2 rings (SSSR count). The number of ketones is 1. The lowest BCUT2D eigenvalue weighted by atomic mass is 9.86. The fraction of sp³-hybridized carbons (Fsp3) is 0.333. The Hall–Kier alpha value is -2.10. The van der Waals surface area contributed by atoms with Gasteiger partial charge in [0.15, 0.2) is 5.78 Å². The number of carbonyl (C=O) groups excluding carboxylic acids is 1. The van der Waals surface area contributed by atoms with Crippen LogP contribution >= 0.6 is 0 Å². The molecule has 0 saturated heterocycles. The van der Waals surface area contributed by atoms with Crippen LogP contribution in [-0.2, 0) is 0 Å². The zero-order valence-electron chi connectivity index (χ0n) is 11.6. The van der Waals surface area contributed by atoms with E-state index in [4.69, 9.17) is 0 Å². The molecule has 0 amide bonds. The van der Waals surface area contributed by atoms with Crippen molar-refractivity contribution in [2.24, 2.45) is 5.41 Å². The molecule has 0 atom stereocenters. The molecule has 19 heavy (non-hydrogen) atoms. The van der Waals surface area contributed by atoms with Gasteiger partial charge in [-0.3, -0.25) is 4.79 Å². The minimum atomic E-state index is -0.549. The topological polar surface area (TPSA) is 55.1 Å². The van der Waals surface area contributed by atoms with Crippen LogP contribution in [0.15, 0.2) is 30.3 Å². The van der Waals surface area contributed by atoms with Crippen LogP contribution in [0.2, 0.25) is 0 Å². The van der Waals surface area contributed by atoms with E-state index >= 15 is 0 Å². The van der Waals surface area contributed by atoms with E-state index in [-0.39, 0.29) is 11.7 Å². The fourth-order valence-corrected chi connectivity index (χ4v) is 1.91. The molecule has 0 aliphatic carbocycles. The number of nitrogens with zero attached hydrogens (tertiary/aromatic N) is 2. The largest absolute Gasteiger partial charge is 0.493 e. The number of hydrogen-bond donors (Lipinski definition) is 1. The summed E-state index contributed by atoms with van der Waals surface area (Å²) in [4.78, 5) is 12.3. The summed E-state index contributed by atoms with van der Waals surface area (Å²) in [6.07, 6.45) is 0. The van der Waals surface area contributed by atoms with Crippen molar-refractivity contribution in [1.29, 1.82) is 0 Å². The second kappa shape index (κ2) is 4.53. The van der Waals surface area contributed by atoms with Crippen LogP contribution < -0.4 is 0 Å². The Morgan fingerprint density at radius 1 is 1.21 bits per heavy atom. The predicted molar refractivity (Wildman–Crippen MR) is 73.8 cm³/mol. The Morgan fingerprint density at radius 2 is 1.79 bits per heavy atom. The number of aryl methyl sites for hydroxylation is 1. The highest BCUT2D eigenvalue weighted by atomic mass is 16.3. The summed E-state index contributed by atoms with van der Waals surface area (Å²) in [5, 5.41) is 14.5. The quantitative estimate of drug-likeness (QED) is 0.842. The van der Waals surface area contributed by atoms with E-state index in [0.717, 1.165) is 5.69 Å². The number of Topliss-reactive ketones (excluding diaryl/α,β-unsaturated/α-hetero) is 1. The van der Waals surface area contributed by atoms with E-state index in [1.807, 2.05) is 51.1 Å². The van der Waals surface area contributed by atoms with E-state index in [2.05, 4.69) is 5.10 Å². The third-order valence-corrected chi connectivity index (χ3v) is 2.95. The van der Waals surface area contributed by atoms with Crippen LogP contribution in [0.5, 0.6) is 5.88 Å². The van der Waals surface area contributed by atoms with Gasteiger partial charge < -0.3 is 5.11 Å². The Balaban J connectivity index is 2.56. The first kappa shape index (κ1) is 13.3. The average molecular weight is 258 g/mol. The Kier molecular flexibility index (Phi) is 3.18. The Labute approximate surface area is 112 Å². The van der Waals surface area contributed by atoms with Gasteiger partial charge in [-0.1, -0.05) is 39.0 Å². The maximum atomic E-state index is 12.3. The van der Waals surface area contributed by atoms with Gasteiger partial charge in [-0.25, -0.2) is 4.68 Å². The van der Waals surface area contributed by atoms with Crippen LogP contribution in [0.25, 0.3) is 5.69 Å². The normalized spacial score (nSPS) is 11.6. The molecule has 0 spiro atoms. The summed E-state index contributed by atoms with van der Waals surface area (Å²) in [5.41, 5.74) is 1.03. The fourth-order valence-electron chi connectivity index (χ4n) is 1.91. The van der Waals surface area contributed by atoms with Crippen LogP contribution in [0, 0.1) is 12.3 Å². The lowest BCUT2D eigenvalue weighted by Gasteiger charge is -2.16. The van der Waals surface area contributed by atoms with Crippen LogP contribution in [0.3, 0.4) is 0 Å². The average Bonchev–Trinajstić information content (AvgIpc) is 2.64. The zero-order chi connectivity index (χ0) is 14.2. The van der Waals surface area contributed by atoms with E-state index in [9.17, 15) is 9.90 Å². The lowest BCUT2D eigenvalue weighted by Crippen LogP contribution is -2.20. The lowest BCUT2D eigenvalue weighted by molar-refractivity contribution is 0.0854. The first-order valence-electron chi connectivity index (χ1n) is 6.21. The van der Waals surface area contributed by atoms with Crippen LogP contribution in [0.1, 0.15) is 36.8 Å². The van der Waals surface area contributed by atoms with Crippen molar-refractivity contribution in [2.75, 3.05) is 0 Å². The summed E-state index contributed by atoms with van der Waals surface area (Å²) < 4.78 is 1.40. The minimum Gasteiger partial charge on any atom is -0.493 e. The number of para-hydroxylation sites is 1. The SMILES string of the molecule is Cc1nn(-c2ccccc2)c(O)c1C(=O)C(C)(C)C. The summed E-state index contributed by atoms with van der Waals surface area (Å²) in [6.45, 7) is 7.22. The molecule has 0 radical (unpaired) electrons. The van der Waals surface area contributed by atoms with Gasteiger partial charge in [-0.05, 0) is 19.1 Å². The highest BCUT2D eigenvalue weighted by Crippen LogP contribution is 2.30. The van der Waals surface area contributed by atoms with Gasteiger partial charge in [0.25, 0.3) is 0 Å². The van der Waals surface area contributed by atoms with Crippen molar-refractivity contribution in [3.8, 4) is 11.6 Å². The molecule has 0 fully saturated rings. The van der Waals surface area contributed by atoms with E-state index in [0.29, 0.717) is 11.3 Å². The van der Waals surface area contributed by atoms with Crippen LogP contribution in [-0.4, -0.2) is 20.7 Å². The van der Waals surface area contributed by atoms with Gasteiger partial charge in [0.05, 0.1) is 11.4 Å². The van der Waals surface area contributed by atoms with Crippen molar-refractivity contribution in [1.82, 2.24) is 9.78 Å². The second-order valence-electron chi connectivity index (χ2n) is 5.61. The van der Waals surface area contributed by atoms with E-state index < -0.39 is 5.41 Å². The highest BCUT2D eigenvalue weighted by molar-refractivity contribution is 6.02. The molecule has 0 unspecified atom stereocenters. The monoisotopic (exact) mass is 258 g/mol. The van der Waals surface area contributed by atoms with E-state index in [1.165, 1.54) is 4.68 Å². The first-order valence-corrected chi connectivity index (χ1v) is 6.21. The molecule has 1 heterocycles. The number of hydrogen-bond acceptors (Lipinski definition) is 3. The molecule has 0 aliphatic heterocycles. The van der Waals surface area contributed by atoms with Crippen molar-refractivity contribution in [2.45, 2.75) is 27.7 Å². The van der Waals surface area contributed by atoms with Crippen LogP contribution in [0.4, 0.5) is 0 Å². The van der Waals surface area contributed by atoms with Gasteiger partial charge in [0, 0.05) is 5.41 Å². The number of benzene rings is 1. The number of aromatic nitrogens is 2. The first-order chi connectivity index (χ1) is 8.82. The number of rotatable bonds is 2. The Morgan fingerprint density at radius 3 is 2.32 bits per heavy atom. The summed E-state index contributed by atoms with van der Waals surface area (Å²) in [5.74, 6) is -0.201. The smallest absolute Gasteiger partial charge is 0.225 e. The summed E-state index contributed by atoms with van der Waals surface area (Å²) in [7, 11) is 0. The predicted octanol–water partition coefficient (Wildman–Crippen LogP) is 3.12. The molecule has 4 nitrogen and oxygen atoms in total. The minimum absolute atomic E-state index is 0.0939. The van der Waals surface area contributed by atoms with Gasteiger partial charge >= 0.3 is 0 Å². The molecule has 0 saturated carbocycles. The van der Waals surface area contributed by atoms with Crippen molar-refractivity contribution in [3.05, 3.63) is 41.6 Å². The number of carbonyl (C=O) groups is 1. The van der Waals surface area contributed by atoms with E-state index in [1.54, 1.807) is 6.92 Å². The zero-order valence-corrected chi connectivity index (χ0v) is 11.6. The van der Waals surface area contributed by atoms with Crippen molar-refractivity contribution < 1.29 is 9.90 Å². The maximum absolute atomic E-state index is 12.3. The van der Waals surface area contributed by atoms with Gasteiger partial charge in [-0.15, -0.1) is 0 Å². The molecule has 2 aromatic rings. The molecule has 4 heteroatoms. The highest BCUT2D eigenvalue weighted by Gasteiger charge is 2.30. The summed E-state index contributed by atoms with van der Waals surface area (Å²) >= 11 is 0. The molecule has 100 valence electrons. The van der Waals surface area contributed by atoms with Gasteiger partial charge in [0.1, 0.15) is 5.56 Å². The molecular weight excluding hydrogens is 240 g/mol. The molecule has 1 aromatic heterocycles. The third kappa shape index (κ3) is 2.38. The second-order valence-corrected chi connectivity index (χ2v) is 5.61.